The fraction of sp³-hybridized carbons (Fsp3) is 0.292. The van der Waals surface area contributed by atoms with Gasteiger partial charge in [0, 0.05) is 31.0 Å². The molecule has 1 N–H and O–H groups in total. The quantitative estimate of drug-likeness (QED) is 0.545. The third-order valence-corrected chi connectivity index (χ3v) is 5.62. The van der Waals surface area contributed by atoms with E-state index in [4.69, 9.17) is 16.0 Å². The predicted octanol–water partition coefficient (Wildman–Crippen LogP) is 5.33. The molecule has 2 amide bonds. The van der Waals surface area contributed by atoms with Crippen LogP contribution >= 0.6 is 11.6 Å². The molecule has 1 fully saturated rings. The Morgan fingerprint density at radius 1 is 1.12 bits per heavy atom. The van der Waals surface area contributed by atoms with Crippen LogP contribution in [0.25, 0.3) is 11.3 Å². The molecule has 2 heterocycles. The van der Waals surface area contributed by atoms with Crippen LogP contribution < -0.4 is 5.32 Å². The summed E-state index contributed by atoms with van der Waals surface area (Å²) in [5.74, 6) is -0.179. The molecule has 1 aromatic heterocycles. The topological polar surface area (TPSA) is 75.4 Å². The summed E-state index contributed by atoms with van der Waals surface area (Å²) in [6, 6.07) is 11.1. The first-order valence-electron chi connectivity index (χ1n) is 10.6. The fourth-order valence-corrected chi connectivity index (χ4v) is 3.89. The second kappa shape index (κ2) is 9.96. The van der Waals surface area contributed by atoms with Gasteiger partial charge in [-0.25, -0.2) is 9.37 Å². The van der Waals surface area contributed by atoms with Gasteiger partial charge in [-0.2, -0.15) is 0 Å². The van der Waals surface area contributed by atoms with E-state index in [0.717, 1.165) is 19.3 Å². The Kier molecular flexibility index (Phi) is 6.85. The van der Waals surface area contributed by atoms with Crippen LogP contribution in [-0.2, 0) is 11.2 Å². The zero-order chi connectivity index (χ0) is 22.5. The maximum Gasteiger partial charge on any atom is 0.255 e. The number of aromatic nitrogens is 1. The molecule has 8 heteroatoms. The number of halogens is 2. The van der Waals surface area contributed by atoms with Crippen molar-refractivity contribution in [3.63, 3.8) is 0 Å². The Labute approximate surface area is 190 Å². The minimum atomic E-state index is -0.403. The molecule has 166 valence electrons. The van der Waals surface area contributed by atoms with Gasteiger partial charge in [-0.3, -0.25) is 9.59 Å². The fourth-order valence-electron chi connectivity index (χ4n) is 3.72. The largest absolute Gasteiger partial charge is 0.441 e. The summed E-state index contributed by atoms with van der Waals surface area (Å²) in [4.78, 5) is 31.4. The number of carbonyl (C=O) groups excluding carboxylic acids is 2. The number of carbonyl (C=O) groups is 2. The van der Waals surface area contributed by atoms with Gasteiger partial charge in [0.2, 0.25) is 5.91 Å². The number of aryl methyl sites for hydroxylation is 1. The lowest BCUT2D eigenvalue weighted by molar-refractivity contribution is -0.116. The van der Waals surface area contributed by atoms with Crippen molar-refractivity contribution in [1.29, 1.82) is 0 Å². The van der Waals surface area contributed by atoms with Crippen LogP contribution in [0, 0.1) is 5.82 Å². The van der Waals surface area contributed by atoms with E-state index in [2.05, 4.69) is 10.3 Å². The Bertz CT molecular complexity index is 1130. The van der Waals surface area contributed by atoms with E-state index in [9.17, 15) is 14.0 Å². The number of nitrogens with one attached hydrogen (secondary N) is 1. The lowest BCUT2D eigenvalue weighted by atomic mass is 10.1. The number of rotatable bonds is 6. The first-order valence-corrected chi connectivity index (χ1v) is 11.0. The zero-order valence-electron chi connectivity index (χ0n) is 17.4. The van der Waals surface area contributed by atoms with Gasteiger partial charge in [0.1, 0.15) is 5.82 Å². The molecule has 0 bridgehead atoms. The van der Waals surface area contributed by atoms with Gasteiger partial charge in [0.25, 0.3) is 5.91 Å². The van der Waals surface area contributed by atoms with E-state index >= 15 is 0 Å². The first kappa shape index (κ1) is 22.0. The molecular formula is C24H23ClFN3O3. The van der Waals surface area contributed by atoms with Gasteiger partial charge in [-0.15, -0.1) is 0 Å². The van der Waals surface area contributed by atoms with Crippen molar-refractivity contribution in [3.8, 4) is 11.3 Å². The van der Waals surface area contributed by atoms with Crippen LogP contribution in [0.15, 0.2) is 53.1 Å². The molecule has 1 aliphatic rings. The van der Waals surface area contributed by atoms with Gasteiger partial charge in [0.05, 0.1) is 23.0 Å². The number of nitrogens with zero attached hydrogens (tertiary/aromatic N) is 2. The van der Waals surface area contributed by atoms with E-state index in [-0.39, 0.29) is 24.7 Å². The normalized spacial score (nSPS) is 13.8. The van der Waals surface area contributed by atoms with Crippen molar-refractivity contribution in [2.45, 2.75) is 32.1 Å². The Morgan fingerprint density at radius 3 is 2.69 bits per heavy atom. The second-order valence-corrected chi connectivity index (χ2v) is 8.13. The number of anilines is 1. The van der Waals surface area contributed by atoms with E-state index in [1.807, 2.05) is 0 Å². The Morgan fingerprint density at radius 2 is 1.91 bits per heavy atom. The molecule has 1 saturated heterocycles. The number of likely N-dealkylation sites (tertiary alicyclic amines) is 1. The van der Waals surface area contributed by atoms with Crippen LogP contribution in [0.5, 0.6) is 0 Å². The first-order chi connectivity index (χ1) is 15.5. The number of oxazole rings is 1. The van der Waals surface area contributed by atoms with Gasteiger partial charge in [0.15, 0.2) is 11.7 Å². The molecule has 2 aromatic carbocycles. The number of hydrogen-bond donors (Lipinski definition) is 1. The summed E-state index contributed by atoms with van der Waals surface area (Å²) >= 11 is 6.11. The van der Waals surface area contributed by atoms with E-state index in [1.165, 1.54) is 12.3 Å². The van der Waals surface area contributed by atoms with Gasteiger partial charge < -0.3 is 14.6 Å². The summed E-state index contributed by atoms with van der Waals surface area (Å²) in [5.41, 5.74) is 1.12. The van der Waals surface area contributed by atoms with Crippen LogP contribution in [0.4, 0.5) is 10.1 Å². The molecule has 6 nitrogen and oxygen atoms in total. The monoisotopic (exact) mass is 455 g/mol. The molecule has 4 rings (SSSR count). The summed E-state index contributed by atoms with van der Waals surface area (Å²) in [5, 5.41) is 3.22. The lowest BCUT2D eigenvalue weighted by Crippen LogP contribution is -2.36. The highest BCUT2D eigenvalue weighted by Crippen LogP contribution is 2.26. The number of amides is 2. The van der Waals surface area contributed by atoms with Crippen molar-refractivity contribution in [2.24, 2.45) is 0 Å². The average Bonchev–Trinajstić information content (AvgIpc) is 3.27. The molecule has 0 radical (unpaired) electrons. The molecule has 3 aromatic rings. The third-order valence-electron chi connectivity index (χ3n) is 5.39. The molecule has 1 aliphatic heterocycles. The minimum absolute atomic E-state index is 0.0844. The summed E-state index contributed by atoms with van der Waals surface area (Å²) < 4.78 is 19.5. The molecular weight excluding hydrogens is 433 g/mol. The second-order valence-electron chi connectivity index (χ2n) is 7.69. The molecule has 0 aliphatic carbocycles. The Hall–Kier alpha value is -3.19. The maximum absolute atomic E-state index is 13.9. The van der Waals surface area contributed by atoms with Crippen molar-refractivity contribution in [3.05, 3.63) is 71.0 Å². The zero-order valence-corrected chi connectivity index (χ0v) is 18.2. The van der Waals surface area contributed by atoms with Crippen molar-refractivity contribution in [2.75, 3.05) is 18.4 Å². The average molecular weight is 456 g/mol. The highest BCUT2D eigenvalue weighted by molar-refractivity contribution is 6.31. The van der Waals surface area contributed by atoms with Gasteiger partial charge in [-0.05, 0) is 49.6 Å². The van der Waals surface area contributed by atoms with E-state index < -0.39 is 5.82 Å². The minimum Gasteiger partial charge on any atom is -0.441 e. The number of benzene rings is 2. The summed E-state index contributed by atoms with van der Waals surface area (Å²) in [6.07, 6.45) is 4.83. The summed E-state index contributed by atoms with van der Waals surface area (Å²) in [7, 11) is 0. The third kappa shape index (κ3) is 5.16. The van der Waals surface area contributed by atoms with E-state index in [1.54, 1.807) is 41.3 Å². The van der Waals surface area contributed by atoms with Crippen LogP contribution in [0.3, 0.4) is 0 Å². The molecule has 0 saturated carbocycles. The van der Waals surface area contributed by atoms with Crippen LogP contribution in [0.1, 0.15) is 41.9 Å². The predicted molar refractivity (Wildman–Crippen MR) is 120 cm³/mol. The maximum atomic E-state index is 13.9. The summed E-state index contributed by atoms with van der Waals surface area (Å²) in [6.45, 7) is 1.42. The highest BCUT2D eigenvalue weighted by atomic mass is 35.5. The molecule has 0 spiro atoms. The molecule has 0 atom stereocenters. The smallest absolute Gasteiger partial charge is 0.255 e. The van der Waals surface area contributed by atoms with Crippen molar-refractivity contribution >= 4 is 29.1 Å². The van der Waals surface area contributed by atoms with Crippen molar-refractivity contribution in [1.82, 2.24) is 9.88 Å². The van der Waals surface area contributed by atoms with Crippen LogP contribution in [-0.4, -0.2) is 34.8 Å². The van der Waals surface area contributed by atoms with E-state index in [0.29, 0.717) is 46.6 Å². The SMILES string of the molecule is O=C(CCc1ncc(-c2ccccc2F)o1)Nc1cc(Cl)ccc1C(=O)N1CCCCC1. The number of hydrogen-bond acceptors (Lipinski definition) is 4. The molecule has 32 heavy (non-hydrogen) atoms. The molecule has 0 unspecified atom stereocenters. The van der Waals surface area contributed by atoms with Crippen LogP contribution in [0.2, 0.25) is 5.02 Å². The lowest BCUT2D eigenvalue weighted by Gasteiger charge is -2.27. The standard InChI is InChI=1S/C24H23ClFN3O3/c25-16-8-9-18(24(31)29-12-4-1-5-13-29)20(14-16)28-22(30)10-11-23-27-15-21(32-23)17-6-2-3-7-19(17)26/h2-3,6-9,14-15H,1,4-5,10-13H2,(H,28,30). The Balaban J connectivity index is 1.41. The van der Waals surface area contributed by atoms with Gasteiger partial charge >= 0.3 is 0 Å². The van der Waals surface area contributed by atoms with Crippen molar-refractivity contribution < 1.29 is 18.4 Å². The van der Waals surface area contributed by atoms with Gasteiger partial charge in [-0.1, -0.05) is 23.7 Å². The highest BCUT2D eigenvalue weighted by Gasteiger charge is 2.22. The number of piperidine rings is 1.